The number of rotatable bonds is 5. The summed E-state index contributed by atoms with van der Waals surface area (Å²) < 4.78 is 68.4. The highest BCUT2D eigenvalue weighted by molar-refractivity contribution is 7.93. The third-order valence-corrected chi connectivity index (χ3v) is 6.47. The molecule has 29 heavy (non-hydrogen) atoms. The third kappa shape index (κ3) is 4.88. The van der Waals surface area contributed by atoms with E-state index in [9.17, 15) is 26.4 Å². The Balaban J connectivity index is 1.93. The van der Waals surface area contributed by atoms with E-state index in [4.69, 9.17) is 23.2 Å². The standard InChI is InChI=1S/C17H13Cl2F3N2O4S/c18-9-4-10(6-12(5-9)28-17(21)22)23-16(25)13-7-11(8-14(20)15(13)19)24-2-1-3-29(24,26)27/h4-8,17H,1-3H2,(H,23,25). The van der Waals surface area contributed by atoms with Gasteiger partial charge in [0.15, 0.2) is 0 Å². The Morgan fingerprint density at radius 3 is 2.52 bits per heavy atom. The molecular formula is C17H13Cl2F3N2O4S. The Hall–Kier alpha value is -2.17. The number of nitrogens with one attached hydrogen (secondary N) is 1. The van der Waals surface area contributed by atoms with Crippen LogP contribution in [0, 0.1) is 5.82 Å². The molecule has 1 amide bonds. The lowest BCUT2D eigenvalue weighted by Crippen LogP contribution is -2.26. The van der Waals surface area contributed by atoms with Gasteiger partial charge in [-0.25, -0.2) is 12.8 Å². The largest absolute Gasteiger partial charge is 0.435 e. The molecule has 0 aromatic heterocycles. The molecule has 0 aliphatic carbocycles. The first-order valence-electron chi connectivity index (χ1n) is 8.13. The zero-order valence-electron chi connectivity index (χ0n) is 14.5. The molecule has 1 aliphatic heterocycles. The van der Waals surface area contributed by atoms with Crippen molar-refractivity contribution in [1.82, 2.24) is 0 Å². The Labute approximate surface area is 174 Å². The number of hydrogen-bond acceptors (Lipinski definition) is 4. The second-order valence-electron chi connectivity index (χ2n) is 6.04. The number of hydrogen-bond donors (Lipinski definition) is 1. The van der Waals surface area contributed by atoms with Gasteiger partial charge in [0.1, 0.15) is 11.6 Å². The lowest BCUT2D eigenvalue weighted by molar-refractivity contribution is -0.0497. The van der Waals surface area contributed by atoms with Crippen LogP contribution in [0.5, 0.6) is 5.75 Å². The predicted molar refractivity (Wildman–Crippen MR) is 103 cm³/mol. The van der Waals surface area contributed by atoms with Crippen molar-refractivity contribution in [2.75, 3.05) is 21.9 Å². The maximum absolute atomic E-state index is 14.3. The van der Waals surface area contributed by atoms with Crippen molar-refractivity contribution in [3.05, 3.63) is 51.8 Å². The molecule has 0 spiro atoms. The first-order valence-corrected chi connectivity index (χ1v) is 10.5. The van der Waals surface area contributed by atoms with E-state index in [1.54, 1.807) is 0 Å². The maximum Gasteiger partial charge on any atom is 0.387 e. The van der Waals surface area contributed by atoms with E-state index < -0.39 is 33.4 Å². The smallest absolute Gasteiger partial charge is 0.387 e. The predicted octanol–water partition coefficient (Wildman–Crippen LogP) is 4.53. The minimum Gasteiger partial charge on any atom is -0.435 e. The topological polar surface area (TPSA) is 75.7 Å². The van der Waals surface area contributed by atoms with E-state index in [0.29, 0.717) is 6.42 Å². The van der Waals surface area contributed by atoms with Gasteiger partial charge >= 0.3 is 6.61 Å². The molecule has 0 bridgehead atoms. The van der Waals surface area contributed by atoms with Crippen LogP contribution in [0.1, 0.15) is 16.8 Å². The lowest BCUT2D eigenvalue weighted by Gasteiger charge is -2.18. The van der Waals surface area contributed by atoms with Gasteiger partial charge in [-0.2, -0.15) is 8.78 Å². The molecule has 156 valence electrons. The van der Waals surface area contributed by atoms with E-state index in [1.807, 2.05) is 0 Å². The minimum absolute atomic E-state index is 0.00572. The summed E-state index contributed by atoms with van der Waals surface area (Å²) in [7, 11) is -3.61. The second-order valence-corrected chi connectivity index (χ2v) is 8.87. The number of benzene rings is 2. The van der Waals surface area contributed by atoms with E-state index in [1.165, 1.54) is 6.07 Å². The van der Waals surface area contributed by atoms with Crippen LogP contribution in [-0.4, -0.2) is 33.2 Å². The second kappa shape index (κ2) is 8.29. The fourth-order valence-electron chi connectivity index (χ4n) is 2.82. The molecule has 0 atom stereocenters. The number of ether oxygens (including phenoxy) is 1. The minimum atomic E-state index is -3.61. The number of alkyl halides is 2. The van der Waals surface area contributed by atoms with Crippen LogP contribution in [0.15, 0.2) is 30.3 Å². The van der Waals surface area contributed by atoms with Gasteiger partial charge in [0.2, 0.25) is 10.0 Å². The summed E-state index contributed by atoms with van der Waals surface area (Å²) in [5.41, 5.74) is -0.378. The zero-order chi connectivity index (χ0) is 21.3. The van der Waals surface area contributed by atoms with Crippen LogP contribution < -0.4 is 14.4 Å². The van der Waals surface area contributed by atoms with Crippen LogP contribution in [0.3, 0.4) is 0 Å². The molecule has 0 radical (unpaired) electrons. The highest BCUT2D eigenvalue weighted by atomic mass is 35.5. The number of nitrogens with zero attached hydrogens (tertiary/aromatic N) is 1. The van der Waals surface area contributed by atoms with Gasteiger partial charge < -0.3 is 10.1 Å². The van der Waals surface area contributed by atoms with Crippen molar-refractivity contribution < 1.29 is 31.1 Å². The maximum atomic E-state index is 14.3. The van der Waals surface area contributed by atoms with E-state index >= 15 is 0 Å². The van der Waals surface area contributed by atoms with Crippen molar-refractivity contribution in [3.63, 3.8) is 0 Å². The Morgan fingerprint density at radius 1 is 1.17 bits per heavy atom. The van der Waals surface area contributed by atoms with E-state index in [-0.39, 0.29) is 40.0 Å². The molecule has 1 saturated heterocycles. The summed E-state index contributed by atoms with van der Waals surface area (Å²) in [6, 6.07) is 5.54. The molecule has 1 aliphatic rings. The molecule has 0 saturated carbocycles. The summed E-state index contributed by atoms with van der Waals surface area (Å²) in [5, 5.41) is 1.84. The van der Waals surface area contributed by atoms with E-state index in [0.717, 1.165) is 28.6 Å². The fourth-order valence-corrected chi connectivity index (χ4v) is 4.79. The van der Waals surface area contributed by atoms with Gasteiger partial charge in [-0.15, -0.1) is 0 Å². The number of amides is 1. The highest BCUT2D eigenvalue weighted by Gasteiger charge is 2.30. The van der Waals surface area contributed by atoms with Gasteiger partial charge in [-0.3, -0.25) is 9.10 Å². The van der Waals surface area contributed by atoms with E-state index in [2.05, 4.69) is 10.1 Å². The van der Waals surface area contributed by atoms with Crippen LogP contribution in [0.4, 0.5) is 24.5 Å². The fraction of sp³-hybridized carbons (Fsp3) is 0.235. The molecule has 2 aromatic rings. The zero-order valence-corrected chi connectivity index (χ0v) is 16.8. The number of sulfonamides is 1. The molecule has 6 nitrogen and oxygen atoms in total. The number of carbonyl (C=O) groups is 1. The normalized spacial score (nSPS) is 15.6. The average Bonchev–Trinajstić information content (AvgIpc) is 2.95. The first kappa shape index (κ1) is 21.5. The molecular weight excluding hydrogens is 456 g/mol. The van der Waals surface area contributed by atoms with Crippen molar-refractivity contribution in [3.8, 4) is 5.75 Å². The summed E-state index contributed by atoms with van der Waals surface area (Å²) >= 11 is 11.7. The van der Waals surface area contributed by atoms with Crippen LogP contribution in [-0.2, 0) is 10.0 Å². The molecule has 1 heterocycles. The van der Waals surface area contributed by atoms with Gasteiger partial charge in [-0.05, 0) is 30.7 Å². The summed E-state index contributed by atoms with van der Waals surface area (Å²) in [4.78, 5) is 12.6. The quantitative estimate of drug-likeness (QED) is 0.699. The number of carbonyl (C=O) groups excluding carboxylic acids is 1. The van der Waals surface area contributed by atoms with Gasteiger partial charge in [0.05, 0.1) is 22.0 Å². The summed E-state index contributed by atoms with van der Waals surface area (Å²) in [5.74, 6) is -2.26. The van der Waals surface area contributed by atoms with Gasteiger partial charge in [-0.1, -0.05) is 23.2 Å². The van der Waals surface area contributed by atoms with Crippen LogP contribution >= 0.6 is 23.2 Å². The molecule has 0 unspecified atom stereocenters. The number of halogens is 5. The molecule has 1 N–H and O–H groups in total. The van der Waals surface area contributed by atoms with Gasteiger partial charge in [0, 0.05) is 23.3 Å². The Kier molecular flexibility index (Phi) is 6.16. The molecule has 1 fully saturated rings. The van der Waals surface area contributed by atoms with Crippen molar-refractivity contribution in [1.29, 1.82) is 0 Å². The highest BCUT2D eigenvalue weighted by Crippen LogP contribution is 2.32. The summed E-state index contributed by atoms with van der Waals surface area (Å²) in [6.07, 6.45) is 0.365. The SMILES string of the molecule is O=C(Nc1cc(Cl)cc(OC(F)F)c1)c1cc(N2CCCS2(=O)=O)cc(F)c1Cl. The monoisotopic (exact) mass is 468 g/mol. The van der Waals surface area contributed by atoms with Crippen molar-refractivity contribution >= 4 is 50.5 Å². The van der Waals surface area contributed by atoms with Crippen molar-refractivity contribution in [2.24, 2.45) is 0 Å². The summed E-state index contributed by atoms with van der Waals surface area (Å²) in [6.45, 7) is -2.95. The first-order chi connectivity index (χ1) is 13.6. The average molecular weight is 469 g/mol. The molecule has 3 rings (SSSR count). The Morgan fingerprint density at radius 2 is 1.90 bits per heavy atom. The molecule has 2 aromatic carbocycles. The van der Waals surface area contributed by atoms with Crippen LogP contribution in [0.25, 0.3) is 0 Å². The number of anilines is 2. The van der Waals surface area contributed by atoms with Crippen LogP contribution in [0.2, 0.25) is 10.0 Å². The Bertz CT molecular complexity index is 1070. The van der Waals surface area contributed by atoms with Gasteiger partial charge in [0.25, 0.3) is 5.91 Å². The third-order valence-electron chi connectivity index (χ3n) is 4.00. The van der Waals surface area contributed by atoms with Crippen molar-refractivity contribution in [2.45, 2.75) is 13.0 Å². The molecule has 12 heteroatoms. The lowest BCUT2D eigenvalue weighted by atomic mass is 10.1.